The number of hydrogen-bond acceptors (Lipinski definition) is 1. The minimum atomic E-state index is -0.924. The van der Waals surface area contributed by atoms with Crippen LogP contribution < -0.4 is 0 Å². The van der Waals surface area contributed by atoms with Crippen molar-refractivity contribution in [1.82, 2.24) is 4.57 Å². The van der Waals surface area contributed by atoms with Crippen molar-refractivity contribution in [3.05, 3.63) is 34.5 Å². The van der Waals surface area contributed by atoms with Crippen LogP contribution in [-0.2, 0) is 6.54 Å². The summed E-state index contributed by atoms with van der Waals surface area (Å²) in [4.78, 5) is 11.1. The SMILES string of the molecule is CCn1c(C(=O)O)cc2cc(C)cc(Cl)c21. The van der Waals surface area contributed by atoms with Gasteiger partial charge in [0.25, 0.3) is 0 Å². The molecule has 1 N–H and O–H groups in total. The number of halogens is 1. The largest absolute Gasteiger partial charge is 0.477 e. The van der Waals surface area contributed by atoms with Crippen LogP contribution in [0, 0.1) is 6.92 Å². The molecule has 4 heteroatoms. The molecule has 0 spiro atoms. The molecule has 1 aromatic carbocycles. The summed E-state index contributed by atoms with van der Waals surface area (Å²) in [6, 6.07) is 5.46. The predicted octanol–water partition coefficient (Wildman–Crippen LogP) is 3.32. The average Bonchev–Trinajstić information content (AvgIpc) is 2.56. The molecular weight excluding hydrogens is 226 g/mol. The summed E-state index contributed by atoms with van der Waals surface area (Å²) in [6.45, 7) is 4.44. The van der Waals surface area contributed by atoms with Gasteiger partial charge < -0.3 is 9.67 Å². The van der Waals surface area contributed by atoms with Gasteiger partial charge in [0, 0.05) is 11.9 Å². The van der Waals surface area contributed by atoms with E-state index in [9.17, 15) is 4.79 Å². The van der Waals surface area contributed by atoms with Gasteiger partial charge in [0.1, 0.15) is 5.69 Å². The van der Waals surface area contributed by atoms with Crippen molar-refractivity contribution in [3.63, 3.8) is 0 Å². The smallest absolute Gasteiger partial charge is 0.352 e. The number of rotatable bonds is 2. The van der Waals surface area contributed by atoms with Crippen molar-refractivity contribution in [2.75, 3.05) is 0 Å². The molecule has 0 amide bonds. The van der Waals surface area contributed by atoms with Gasteiger partial charge in [-0.2, -0.15) is 0 Å². The lowest BCUT2D eigenvalue weighted by Crippen LogP contribution is -2.06. The van der Waals surface area contributed by atoms with Crippen molar-refractivity contribution in [1.29, 1.82) is 0 Å². The molecule has 84 valence electrons. The third kappa shape index (κ3) is 1.57. The van der Waals surface area contributed by atoms with Crippen LogP contribution in [0.3, 0.4) is 0 Å². The topological polar surface area (TPSA) is 42.2 Å². The zero-order chi connectivity index (χ0) is 11.9. The van der Waals surface area contributed by atoms with Crippen LogP contribution in [0.1, 0.15) is 23.0 Å². The van der Waals surface area contributed by atoms with Crippen molar-refractivity contribution >= 4 is 28.5 Å². The number of nitrogens with zero attached hydrogens (tertiary/aromatic N) is 1. The fourth-order valence-electron chi connectivity index (χ4n) is 2.01. The zero-order valence-electron chi connectivity index (χ0n) is 9.12. The van der Waals surface area contributed by atoms with Crippen LogP contribution in [-0.4, -0.2) is 15.6 Å². The average molecular weight is 238 g/mol. The normalized spacial score (nSPS) is 10.9. The van der Waals surface area contributed by atoms with Gasteiger partial charge >= 0.3 is 5.97 Å². The second-order valence-corrected chi connectivity index (χ2v) is 4.17. The minimum Gasteiger partial charge on any atom is -0.477 e. The molecule has 0 saturated carbocycles. The summed E-state index contributed by atoms with van der Waals surface area (Å²) in [5.74, 6) is -0.924. The molecule has 1 heterocycles. The standard InChI is InChI=1S/C12H12ClNO2/c1-3-14-10(12(15)16)6-8-4-7(2)5-9(13)11(8)14/h4-6H,3H2,1-2H3,(H,15,16). The first kappa shape index (κ1) is 11.0. The number of carboxylic acids is 1. The monoisotopic (exact) mass is 237 g/mol. The molecule has 0 fully saturated rings. The van der Waals surface area contributed by atoms with E-state index in [4.69, 9.17) is 16.7 Å². The molecule has 0 unspecified atom stereocenters. The second-order valence-electron chi connectivity index (χ2n) is 3.76. The summed E-state index contributed by atoms with van der Waals surface area (Å²) >= 11 is 6.15. The molecule has 0 aliphatic rings. The highest BCUT2D eigenvalue weighted by molar-refractivity contribution is 6.35. The Morgan fingerprint density at radius 1 is 1.44 bits per heavy atom. The molecule has 0 bridgehead atoms. The summed E-state index contributed by atoms with van der Waals surface area (Å²) in [5, 5.41) is 10.6. The molecule has 1 aromatic heterocycles. The Labute approximate surface area is 98.3 Å². The molecule has 0 aliphatic carbocycles. The Balaban J connectivity index is 2.87. The van der Waals surface area contributed by atoms with E-state index in [2.05, 4.69) is 0 Å². The molecule has 0 atom stereocenters. The number of aromatic nitrogens is 1. The highest BCUT2D eigenvalue weighted by atomic mass is 35.5. The van der Waals surface area contributed by atoms with Crippen LogP contribution in [0.25, 0.3) is 10.9 Å². The van der Waals surface area contributed by atoms with E-state index in [0.29, 0.717) is 11.6 Å². The van der Waals surface area contributed by atoms with Crippen LogP contribution in [0.5, 0.6) is 0 Å². The van der Waals surface area contributed by atoms with Gasteiger partial charge in [0.15, 0.2) is 0 Å². The van der Waals surface area contributed by atoms with Crippen molar-refractivity contribution in [2.24, 2.45) is 0 Å². The van der Waals surface area contributed by atoms with E-state index in [1.54, 1.807) is 10.6 Å². The predicted molar refractivity (Wildman–Crippen MR) is 64.3 cm³/mol. The van der Waals surface area contributed by atoms with Gasteiger partial charge in [-0.3, -0.25) is 0 Å². The van der Waals surface area contributed by atoms with Gasteiger partial charge in [-0.1, -0.05) is 11.6 Å². The van der Waals surface area contributed by atoms with Gasteiger partial charge in [-0.15, -0.1) is 0 Å². The maximum atomic E-state index is 11.1. The number of benzene rings is 1. The maximum absolute atomic E-state index is 11.1. The minimum absolute atomic E-state index is 0.282. The van der Waals surface area contributed by atoms with E-state index in [1.807, 2.05) is 26.0 Å². The van der Waals surface area contributed by atoms with Gasteiger partial charge in [0.05, 0.1) is 10.5 Å². The third-order valence-corrected chi connectivity index (χ3v) is 2.91. The van der Waals surface area contributed by atoms with Crippen molar-refractivity contribution in [2.45, 2.75) is 20.4 Å². The number of carbonyl (C=O) groups is 1. The number of aromatic carboxylic acids is 1. The number of hydrogen-bond donors (Lipinski definition) is 1. The molecule has 3 nitrogen and oxygen atoms in total. The van der Waals surface area contributed by atoms with E-state index < -0.39 is 5.97 Å². The summed E-state index contributed by atoms with van der Waals surface area (Å²) < 4.78 is 1.72. The van der Waals surface area contributed by atoms with Crippen LogP contribution in [0.15, 0.2) is 18.2 Å². The summed E-state index contributed by atoms with van der Waals surface area (Å²) in [7, 11) is 0. The molecular formula is C12H12ClNO2. The third-order valence-electron chi connectivity index (χ3n) is 2.63. The Bertz CT molecular complexity index is 572. The summed E-state index contributed by atoms with van der Waals surface area (Å²) in [6.07, 6.45) is 0. The van der Waals surface area contributed by atoms with Crippen LogP contribution >= 0.6 is 11.6 Å². The molecule has 0 radical (unpaired) electrons. The summed E-state index contributed by atoms with van der Waals surface area (Å²) in [5.41, 5.74) is 2.11. The first-order chi connectivity index (χ1) is 7.54. The quantitative estimate of drug-likeness (QED) is 0.871. The lowest BCUT2D eigenvalue weighted by molar-refractivity contribution is 0.0686. The van der Waals surface area contributed by atoms with Gasteiger partial charge in [-0.05, 0) is 37.6 Å². The van der Waals surface area contributed by atoms with Crippen LogP contribution in [0.2, 0.25) is 5.02 Å². The maximum Gasteiger partial charge on any atom is 0.352 e. The fraction of sp³-hybridized carbons (Fsp3) is 0.250. The lowest BCUT2D eigenvalue weighted by Gasteiger charge is -2.06. The first-order valence-corrected chi connectivity index (χ1v) is 5.45. The molecule has 16 heavy (non-hydrogen) atoms. The Morgan fingerprint density at radius 3 is 2.69 bits per heavy atom. The number of aryl methyl sites for hydroxylation is 2. The van der Waals surface area contributed by atoms with E-state index in [0.717, 1.165) is 16.5 Å². The number of carboxylic acid groups (broad SMARTS) is 1. The Kier molecular flexibility index (Phi) is 2.64. The van der Waals surface area contributed by atoms with Crippen molar-refractivity contribution < 1.29 is 9.90 Å². The van der Waals surface area contributed by atoms with Gasteiger partial charge in [0.2, 0.25) is 0 Å². The molecule has 0 aliphatic heterocycles. The van der Waals surface area contributed by atoms with E-state index >= 15 is 0 Å². The second kappa shape index (κ2) is 3.83. The van der Waals surface area contributed by atoms with E-state index in [-0.39, 0.29) is 5.69 Å². The molecule has 2 rings (SSSR count). The molecule has 2 aromatic rings. The highest BCUT2D eigenvalue weighted by Gasteiger charge is 2.15. The van der Waals surface area contributed by atoms with E-state index in [1.165, 1.54) is 0 Å². The Morgan fingerprint density at radius 2 is 2.12 bits per heavy atom. The molecule has 0 saturated heterocycles. The Hall–Kier alpha value is -1.48. The van der Waals surface area contributed by atoms with Crippen molar-refractivity contribution in [3.8, 4) is 0 Å². The highest BCUT2D eigenvalue weighted by Crippen LogP contribution is 2.28. The zero-order valence-corrected chi connectivity index (χ0v) is 9.88. The number of fused-ring (bicyclic) bond motifs is 1. The van der Waals surface area contributed by atoms with Gasteiger partial charge in [-0.25, -0.2) is 4.79 Å². The lowest BCUT2D eigenvalue weighted by atomic mass is 10.2. The first-order valence-electron chi connectivity index (χ1n) is 5.07. The van der Waals surface area contributed by atoms with Crippen LogP contribution in [0.4, 0.5) is 0 Å². The fourth-order valence-corrected chi connectivity index (χ4v) is 2.39.